The molecule has 2 aromatic carbocycles. The number of aliphatic hydroxyl groups excluding tert-OH is 1. The first kappa shape index (κ1) is 15.8. The van der Waals surface area contributed by atoms with Crippen LogP contribution in [-0.2, 0) is 9.59 Å². The monoisotopic (exact) mass is 323 g/mol. The smallest absolute Gasteiger partial charge is 0.295 e. The molecular formula is C19H17NO4. The number of hydrogen-bond donors (Lipinski definition) is 1. The van der Waals surface area contributed by atoms with Crippen molar-refractivity contribution in [1.29, 1.82) is 0 Å². The third kappa shape index (κ3) is 2.44. The number of amides is 1. The van der Waals surface area contributed by atoms with Gasteiger partial charge in [0.2, 0.25) is 0 Å². The maximum absolute atomic E-state index is 12.5. The van der Waals surface area contributed by atoms with Crippen molar-refractivity contribution in [2.24, 2.45) is 0 Å². The van der Waals surface area contributed by atoms with Crippen molar-refractivity contribution in [3.8, 4) is 5.75 Å². The van der Waals surface area contributed by atoms with Crippen molar-refractivity contribution in [1.82, 2.24) is 4.90 Å². The van der Waals surface area contributed by atoms with Gasteiger partial charge in [0.15, 0.2) is 0 Å². The molecule has 5 nitrogen and oxygen atoms in total. The van der Waals surface area contributed by atoms with Gasteiger partial charge in [-0.3, -0.25) is 9.59 Å². The highest BCUT2D eigenvalue weighted by Gasteiger charge is 2.45. The fourth-order valence-corrected chi connectivity index (χ4v) is 2.96. The van der Waals surface area contributed by atoms with Gasteiger partial charge in [-0.1, -0.05) is 48.5 Å². The zero-order valence-electron chi connectivity index (χ0n) is 13.4. The number of ketones is 1. The predicted octanol–water partition coefficient (Wildman–Crippen LogP) is 2.75. The lowest BCUT2D eigenvalue weighted by Crippen LogP contribution is -2.25. The second-order valence-corrected chi connectivity index (χ2v) is 5.52. The standard InChI is InChI=1S/C19H17NO4/c1-20-16(13-10-6-7-11-14(13)24-2)15(18(22)19(20)23)17(21)12-8-4-3-5-9-12/h3-11,16,21H,1-2H3/t16-/m0/s1. The van der Waals surface area contributed by atoms with E-state index >= 15 is 0 Å². The average Bonchev–Trinajstić information content (AvgIpc) is 2.85. The SMILES string of the molecule is COc1ccccc1[C@H]1C(=C(O)c2ccccc2)C(=O)C(=O)N1C. The summed E-state index contributed by atoms with van der Waals surface area (Å²) < 4.78 is 5.36. The van der Waals surface area contributed by atoms with Gasteiger partial charge in [-0.15, -0.1) is 0 Å². The van der Waals surface area contributed by atoms with E-state index in [1.807, 2.05) is 6.07 Å². The van der Waals surface area contributed by atoms with Gasteiger partial charge in [0, 0.05) is 18.2 Å². The minimum Gasteiger partial charge on any atom is -0.507 e. The van der Waals surface area contributed by atoms with Crippen LogP contribution < -0.4 is 4.74 Å². The molecule has 5 heteroatoms. The van der Waals surface area contributed by atoms with Gasteiger partial charge >= 0.3 is 0 Å². The number of nitrogens with zero attached hydrogens (tertiary/aromatic N) is 1. The average molecular weight is 323 g/mol. The molecule has 1 amide bonds. The van der Waals surface area contributed by atoms with Crippen LogP contribution in [-0.4, -0.2) is 35.9 Å². The molecule has 1 heterocycles. The molecule has 1 aliphatic rings. The topological polar surface area (TPSA) is 66.8 Å². The fourth-order valence-electron chi connectivity index (χ4n) is 2.96. The first-order valence-corrected chi connectivity index (χ1v) is 7.49. The molecule has 1 atom stereocenters. The third-order valence-electron chi connectivity index (χ3n) is 4.16. The van der Waals surface area contributed by atoms with Crippen molar-refractivity contribution < 1.29 is 19.4 Å². The predicted molar refractivity (Wildman–Crippen MR) is 89.5 cm³/mol. The molecule has 122 valence electrons. The first-order valence-electron chi connectivity index (χ1n) is 7.49. The Kier molecular flexibility index (Phi) is 4.08. The highest BCUT2D eigenvalue weighted by atomic mass is 16.5. The fraction of sp³-hybridized carbons (Fsp3) is 0.158. The number of carbonyl (C=O) groups excluding carboxylic acids is 2. The van der Waals surface area contributed by atoms with E-state index in [0.717, 1.165) is 0 Å². The summed E-state index contributed by atoms with van der Waals surface area (Å²) in [4.78, 5) is 26.0. The molecule has 0 saturated carbocycles. The molecule has 0 spiro atoms. The lowest BCUT2D eigenvalue weighted by molar-refractivity contribution is -0.139. The molecule has 24 heavy (non-hydrogen) atoms. The molecule has 0 bridgehead atoms. The van der Waals surface area contributed by atoms with E-state index in [1.165, 1.54) is 12.0 Å². The van der Waals surface area contributed by atoms with E-state index in [2.05, 4.69) is 0 Å². The van der Waals surface area contributed by atoms with Crippen LogP contribution in [0, 0.1) is 0 Å². The first-order chi connectivity index (χ1) is 11.6. The molecule has 0 aromatic heterocycles. The number of Topliss-reactive ketones (excluding diaryl/α,β-unsaturated/α-hetero) is 1. The van der Waals surface area contributed by atoms with E-state index in [4.69, 9.17) is 4.74 Å². The number of para-hydroxylation sites is 1. The van der Waals surface area contributed by atoms with E-state index in [-0.39, 0.29) is 11.3 Å². The van der Waals surface area contributed by atoms with Crippen LogP contribution in [0.25, 0.3) is 5.76 Å². The summed E-state index contributed by atoms with van der Waals surface area (Å²) in [5.74, 6) is -0.984. The lowest BCUT2D eigenvalue weighted by Gasteiger charge is -2.22. The Morgan fingerprint density at radius 1 is 1.04 bits per heavy atom. The zero-order valence-corrected chi connectivity index (χ0v) is 13.4. The van der Waals surface area contributed by atoms with Crippen LogP contribution in [0.4, 0.5) is 0 Å². The molecule has 0 aliphatic carbocycles. The number of carbonyl (C=O) groups is 2. The Balaban J connectivity index is 2.22. The molecule has 0 unspecified atom stereocenters. The van der Waals surface area contributed by atoms with Crippen molar-refractivity contribution >= 4 is 17.4 Å². The van der Waals surface area contributed by atoms with Gasteiger partial charge < -0.3 is 14.7 Å². The van der Waals surface area contributed by atoms with Gasteiger partial charge in [-0.05, 0) is 6.07 Å². The van der Waals surface area contributed by atoms with E-state index in [1.54, 1.807) is 55.6 Å². The number of aliphatic hydroxyl groups is 1. The number of likely N-dealkylation sites (N-methyl/N-ethyl adjacent to an activating group) is 1. The molecular weight excluding hydrogens is 306 g/mol. The van der Waals surface area contributed by atoms with Gasteiger partial charge in [0.25, 0.3) is 11.7 Å². The van der Waals surface area contributed by atoms with Gasteiger partial charge in [0.05, 0.1) is 18.7 Å². The van der Waals surface area contributed by atoms with Crippen LogP contribution in [0.5, 0.6) is 5.75 Å². The summed E-state index contributed by atoms with van der Waals surface area (Å²) in [6, 6.07) is 15.2. The van der Waals surface area contributed by atoms with E-state index in [9.17, 15) is 14.7 Å². The second-order valence-electron chi connectivity index (χ2n) is 5.52. The number of benzene rings is 2. The Labute approximate surface area is 139 Å². The van der Waals surface area contributed by atoms with E-state index < -0.39 is 17.7 Å². The maximum atomic E-state index is 12.5. The van der Waals surface area contributed by atoms with Crippen LogP contribution in [0.3, 0.4) is 0 Å². The Morgan fingerprint density at radius 3 is 2.33 bits per heavy atom. The quantitative estimate of drug-likeness (QED) is 0.536. The minimum absolute atomic E-state index is 0.0678. The maximum Gasteiger partial charge on any atom is 0.295 e. The van der Waals surface area contributed by atoms with Crippen molar-refractivity contribution in [3.63, 3.8) is 0 Å². The van der Waals surface area contributed by atoms with Crippen molar-refractivity contribution in [2.75, 3.05) is 14.2 Å². The summed E-state index contributed by atoms with van der Waals surface area (Å²) in [5.41, 5.74) is 1.21. The Bertz CT molecular complexity index is 826. The number of ether oxygens (including phenoxy) is 1. The lowest BCUT2D eigenvalue weighted by atomic mass is 9.95. The summed E-state index contributed by atoms with van der Waals surface area (Å²) in [6.45, 7) is 0. The normalized spacial score (nSPS) is 19.6. The summed E-state index contributed by atoms with van der Waals surface area (Å²) >= 11 is 0. The highest BCUT2D eigenvalue weighted by molar-refractivity contribution is 6.46. The second kappa shape index (κ2) is 6.20. The third-order valence-corrected chi connectivity index (χ3v) is 4.16. The summed E-state index contributed by atoms with van der Waals surface area (Å²) in [7, 11) is 3.07. The number of methoxy groups -OCH3 is 1. The van der Waals surface area contributed by atoms with E-state index in [0.29, 0.717) is 16.9 Å². The number of rotatable bonds is 3. The zero-order chi connectivity index (χ0) is 17.3. The van der Waals surface area contributed by atoms with Crippen molar-refractivity contribution in [3.05, 3.63) is 71.3 Å². The molecule has 1 saturated heterocycles. The molecule has 0 radical (unpaired) electrons. The van der Waals surface area contributed by atoms with Crippen LogP contribution in [0.2, 0.25) is 0 Å². The van der Waals surface area contributed by atoms with Crippen LogP contribution >= 0.6 is 0 Å². The molecule has 1 N–H and O–H groups in total. The molecule has 3 rings (SSSR count). The largest absolute Gasteiger partial charge is 0.507 e. The van der Waals surface area contributed by atoms with Gasteiger partial charge in [-0.2, -0.15) is 0 Å². The number of hydrogen-bond acceptors (Lipinski definition) is 4. The van der Waals surface area contributed by atoms with Crippen molar-refractivity contribution in [2.45, 2.75) is 6.04 Å². The van der Waals surface area contributed by atoms with Crippen LogP contribution in [0.15, 0.2) is 60.2 Å². The molecule has 1 aliphatic heterocycles. The Morgan fingerprint density at radius 2 is 1.67 bits per heavy atom. The Hall–Kier alpha value is -3.08. The van der Waals surface area contributed by atoms with Crippen LogP contribution in [0.1, 0.15) is 17.2 Å². The van der Waals surface area contributed by atoms with Gasteiger partial charge in [-0.25, -0.2) is 0 Å². The molecule has 2 aromatic rings. The summed E-state index contributed by atoms with van der Waals surface area (Å²) in [5, 5.41) is 10.7. The summed E-state index contributed by atoms with van der Waals surface area (Å²) in [6.07, 6.45) is 0. The molecule has 1 fully saturated rings. The minimum atomic E-state index is -0.699. The number of likely N-dealkylation sites (tertiary alicyclic amines) is 1. The van der Waals surface area contributed by atoms with Gasteiger partial charge in [0.1, 0.15) is 11.5 Å². The highest BCUT2D eigenvalue weighted by Crippen LogP contribution is 2.41.